The van der Waals surface area contributed by atoms with Crippen molar-refractivity contribution in [2.45, 2.75) is 53.0 Å². The normalized spacial score (nSPS) is 19.5. The summed E-state index contributed by atoms with van der Waals surface area (Å²) in [5, 5.41) is 14.8. The number of rotatable bonds is 5. The smallest absolute Gasteiger partial charge is 0.413 e. The summed E-state index contributed by atoms with van der Waals surface area (Å²) in [6, 6.07) is 3.57. The van der Waals surface area contributed by atoms with Gasteiger partial charge < -0.3 is 15.2 Å². The minimum absolute atomic E-state index is 0.148. The maximum atomic E-state index is 14.0. The van der Waals surface area contributed by atoms with Crippen LogP contribution >= 0.6 is 11.8 Å². The van der Waals surface area contributed by atoms with Gasteiger partial charge in [0.1, 0.15) is 17.1 Å². The average Bonchev–Trinajstić information content (AvgIpc) is 3.13. The van der Waals surface area contributed by atoms with Gasteiger partial charge in [0.15, 0.2) is 5.17 Å². The Labute approximate surface area is 208 Å². The largest absolute Gasteiger partial charge is 0.479 e. The Balaban J connectivity index is 1.85. The second-order valence-electron chi connectivity index (χ2n) is 9.79. The maximum absolute atomic E-state index is 14.0. The molecule has 9 nitrogen and oxygen atoms in total. The van der Waals surface area contributed by atoms with Crippen molar-refractivity contribution in [3.8, 4) is 5.75 Å². The highest BCUT2D eigenvalue weighted by Crippen LogP contribution is 2.38. The van der Waals surface area contributed by atoms with Crippen molar-refractivity contribution in [2.24, 2.45) is 16.3 Å². The van der Waals surface area contributed by atoms with E-state index in [-0.39, 0.29) is 11.3 Å². The number of aliphatic carboxylic acids is 1. The first kappa shape index (κ1) is 26.7. The number of carboxylic acid groups (broad SMARTS) is 1. The third-order valence-electron chi connectivity index (χ3n) is 6.10. The lowest BCUT2D eigenvalue weighted by molar-refractivity contribution is -0.152. The van der Waals surface area contributed by atoms with Gasteiger partial charge in [-0.1, -0.05) is 34.6 Å². The van der Waals surface area contributed by atoms with Crippen LogP contribution in [0.25, 0.3) is 6.08 Å². The molecule has 11 heteroatoms. The molecule has 3 rings (SSSR count). The van der Waals surface area contributed by atoms with Crippen LogP contribution in [0, 0.1) is 17.2 Å². The Morgan fingerprint density at radius 1 is 1.31 bits per heavy atom. The molecule has 0 aliphatic carbocycles. The summed E-state index contributed by atoms with van der Waals surface area (Å²) in [6.45, 7) is 10.0. The fourth-order valence-electron chi connectivity index (χ4n) is 4.33. The van der Waals surface area contributed by atoms with Crippen LogP contribution in [0.5, 0.6) is 5.75 Å². The van der Waals surface area contributed by atoms with Crippen molar-refractivity contribution in [1.29, 1.82) is 0 Å². The number of carbonyl (C=O) groups is 3. The summed E-state index contributed by atoms with van der Waals surface area (Å²) in [5.74, 6) is -2.94. The van der Waals surface area contributed by atoms with E-state index >= 15 is 0 Å². The fraction of sp³-hybridized carbons (Fsp3) is 0.500. The molecule has 0 saturated carbocycles. The molecule has 1 saturated heterocycles. The summed E-state index contributed by atoms with van der Waals surface area (Å²) < 4.78 is 19.4. The zero-order chi connectivity index (χ0) is 26.0. The minimum atomic E-state index is -1.64. The van der Waals surface area contributed by atoms with Gasteiger partial charge in [-0.3, -0.25) is 9.80 Å². The number of nitrogens with one attached hydrogen (secondary N) is 2. The Kier molecular flexibility index (Phi) is 7.90. The number of hydrazine groups is 1. The number of hydrogen-bond donors (Lipinski definition) is 3. The third kappa shape index (κ3) is 5.67. The van der Waals surface area contributed by atoms with Gasteiger partial charge in [0.2, 0.25) is 0 Å². The molecule has 190 valence electrons. The Morgan fingerprint density at radius 2 is 2.03 bits per heavy atom. The first-order chi connectivity index (χ1) is 16.3. The van der Waals surface area contributed by atoms with Crippen LogP contribution in [-0.4, -0.2) is 51.9 Å². The van der Waals surface area contributed by atoms with E-state index < -0.39 is 40.7 Å². The minimum Gasteiger partial charge on any atom is -0.479 e. The number of aliphatic imine (C=N–C) groups is 1. The van der Waals surface area contributed by atoms with E-state index in [1.54, 1.807) is 34.6 Å². The van der Waals surface area contributed by atoms with Crippen molar-refractivity contribution in [3.63, 3.8) is 0 Å². The summed E-state index contributed by atoms with van der Waals surface area (Å²) in [6.07, 6.45) is 2.46. The van der Waals surface area contributed by atoms with Crippen LogP contribution < -0.4 is 15.5 Å². The summed E-state index contributed by atoms with van der Waals surface area (Å²) in [5.41, 5.74) is 0.969. The second-order valence-corrected chi connectivity index (χ2v) is 10.8. The van der Waals surface area contributed by atoms with Crippen LogP contribution in [0.3, 0.4) is 0 Å². The molecule has 0 aromatic heterocycles. The maximum Gasteiger partial charge on any atom is 0.413 e. The van der Waals surface area contributed by atoms with Gasteiger partial charge in [0.05, 0.1) is 4.91 Å². The van der Waals surface area contributed by atoms with Gasteiger partial charge in [-0.25, -0.2) is 19.4 Å². The molecule has 2 heterocycles. The van der Waals surface area contributed by atoms with E-state index in [0.717, 1.165) is 32.0 Å². The van der Waals surface area contributed by atoms with Gasteiger partial charge in [-0.2, -0.15) is 4.99 Å². The predicted molar refractivity (Wildman–Crippen MR) is 132 cm³/mol. The Morgan fingerprint density at radius 3 is 2.60 bits per heavy atom. The third-order valence-corrected chi connectivity index (χ3v) is 7.11. The molecule has 1 atom stereocenters. The lowest BCUT2D eigenvalue weighted by Crippen LogP contribution is -2.66. The van der Waals surface area contributed by atoms with Crippen molar-refractivity contribution in [3.05, 3.63) is 34.5 Å². The summed E-state index contributed by atoms with van der Waals surface area (Å²) >= 11 is 1.17. The first-order valence-corrected chi connectivity index (χ1v) is 12.2. The van der Waals surface area contributed by atoms with Crippen molar-refractivity contribution in [2.75, 3.05) is 13.1 Å². The molecule has 2 aliphatic heterocycles. The van der Waals surface area contributed by atoms with Gasteiger partial charge in [0, 0.05) is 24.7 Å². The molecule has 2 aliphatic rings. The molecule has 0 radical (unpaired) electrons. The van der Waals surface area contributed by atoms with E-state index in [1.807, 2.05) is 5.01 Å². The second kappa shape index (κ2) is 10.4. The van der Waals surface area contributed by atoms with Gasteiger partial charge in [-0.05, 0) is 54.1 Å². The monoisotopic (exact) mass is 506 g/mol. The number of thioether (sulfide) groups is 1. The SMILES string of the molecule is CC(C)[C@](NC(=O)Oc1cc(F)ccc1C=C1SC(N2CCCCN2)=NC1=O)(C(=O)O)C(C)(C)C. The lowest BCUT2D eigenvalue weighted by Gasteiger charge is -2.44. The molecule has 35 heavy (non-hydrogen) atoms. The molecule has 2 amide bonds. The van der Waals surface area contributed by atoms with Crippen molar-refractivity contribution >= 4 is 41.0 Å². The fourth-order valence-corrected chi connectivity index (χ4v) is 5.24. The topological polar surface area (TPSA) is 120 Å². The van der Waals surface area contributed by atoms with Crippen LogP contribution in [0.2, 0.25) is 0 Å². The number of halogens is 1. The van der Waals surface area contributed by atoms with E-state index in [0.29, 0.717) is 10.1 Å². The van der Waals surface area contributed by atoms with Gasteiger partial charge >= 0.3 is 12.1 Å². The molecule has 0 unspecified atom stereocenters. The molecule has 1 fully saturated rings. The molecule has 1 aromatic rings. The van der Waals surface area contributed by atoms with Crippen LogP contribution in [0.15, 0.2) is 28.1 Å². The molecular formula is C24H31FN4O5S. The highest BCUT2D eigenvalue weighted by atomic mass is 32.2. The van der Waals surface area contributed by atoms with E-state index in [9.17, 15) is 23.9 Å². The Hall–Kier alpha value is -2.92. The number of nitrogens with zero attached hydrogens (tertiary/aromatic N) is 2. The van der Waals surface area contributed by atoms with E-state index in [1.165, 1.54) is 30.0 Å². The highest BCUT2D eigenvalue weighted by molar-refractivity contribution is 8.18. The zero-order valence-electron chi connectivity index (χ0n) is 20.5. The van der Waals surface area contributed by atoms with Crippen LogP contribution in [-0.2, 0) is 9.59 Å². The summed E-state index contributed by atoms with van der Waals surface area (Å²) in [4.78, 5) is 42.0. The number of benzene rings is 1. The molecule has 1 aromatic carbocycles. The molecule has 0 spiro atoms. The number of hydrogen-bond acceptors (Lipinski definition) is 7. The zero-order valence-corrected chi connectivity index (χ0v) is 21.3. The first-order valence-electron chi connectivity index (χ1n) is 11.4. The van der Waals surface area contributed by atoms with Crippen molar-refractivity contribution < 1.29 is 28.6 Å². The standard InChI is InChI=1S/C24H31FN4O5S/c1-14(2)24(20(31)32,23(3,4)5)28-22(33)34-17-13-16(25)9-8-15(17)12-18-19(30)27-21(35-18)29-11-7-6-10-26-29/h8-9,12-14,26H,6-7,10-11H2,1-5H3,(H,28,33)(H,31,32)/t24-/m0/s1. The van der Waals surface area contributed by atoms with Gasteiger partial charge in [-0.15, -0.1) is 0 Å². The predicted octanol–water partition coefficient (Wildman–Crippen LogP) is 4.01. The number of amidine groups is 1. The average molecular weight is 507 g/mol. The Bertz CT molecular complexity index is 1080. The van der Waals surface area contributed by atoms with Crippen molar-refractivity contribution in [1.82, 2.24) is 15.8 Å². The molecule has 0 bridgehead atoms. The highest BCUT2D eigenvalue weighted by Gasteiger charge is 2.53. The van der Waals surface area contributed by atoms with Crippen LogP contribution in [0.1, 0.15) is 53.0 Å². The molecular weight excluding hydrogens is 475 g/mol. The number of carboxylic acids is 1. The van der Waals surface area contributed by atoms with Crippen LogP contribution in [0.4, 0.5) is 9.18 Å². The quantitative estimate of drug-likeness (QED) is 0.513. The number of amides is 2. The number of ether oxygens (including phenoxy) is 1. The summed E-state index contributed by atoms with van der Waals surface area (Å²) in [7, 11) is 0. The van der Waals surface area contributed by atoms with E-state index in [4.69, 9.17) is 4.74 Å². The van der Waals surface area contributed by atoms with Gasteiger partial charge in [0.25, 0.3) is 5.91 Å². The molecule has 3 N–H and O–H groups in total. The number of carbonyl (C=O) groups excluding carboxylic acids is 2. The van der Waals surface area contributed by atoms with E-state index in [2.05, 4.69) is 15.7 Å². The lowest BCUT2D eigenvalue weighted by atomic mass is 9.67.